The summed E-state index contributed by atoms with van der Waals surface area (Å²) in [6.45, 7) is 2.22. The highest BCUT2D eigenvalue weighted by Gasteiger charge is 2.13. The molecule has 3 heterocycles. The van der Waals surface area contributed by atoms with Crippen molar-refractivity contribution in [3.63, 3.8) is 0 Å². The largest absolute Gasteiger partial charge is 0.357 e. The quantitative estimate of drug-likeness (QED) is 0.710. The van der Waals surface area contributed by atoms with Crippen LogP contribution in [0.15, 0.2) is 24.3 Å². The van der Waals surface area contributed by atoms with Gasteiger partial charge in [-0.25, -0.2) is 9.97 Å². The second kappa shape index (κ2) is 3.91. The molecule has 1 fully saturated rings. The zero-order valence-corrected chi connectivity index (χ0v) is 9.61. The number of fused-ring (bicyclic) bond motifs is 1. The molecule has 1 saturated heterocycles. The Hall–Kier alpha value is -1.35. The van der Waals surface area contributed by atoms with Crippen molar-refractivity contribution in [2.45, 2.75) is 12.8 Å². The van der Waals surface area contributed by atoms with E-state index < -0.39 is 0 Å². The van der Waals surface area contributed by atoms with Gasteiger partial charge in [0.25, 0.3) is 0 Å². The first kappa shape index (κ1) is 9.85. The number of rotatable bonds is 1. The van der Waals surface area contributed by atoms with Crippen molar-refractivity contribution in [2.75, 3.05) is 18.0 Å². The van der Waals surface area contributed by atoms with Crippen molar-refractivity contribution in [1.82, 2.24) is 9.97 Å². The van der Waals surface area contributed by atoms with Crippen LogP contribution in [0.25, 0.3) is 11.0 Å². The molecular weight excluding hydrogens is 222 g/mol. The van der Waals surface area contributed by atoms with E-state index in [0.717, 1.165) is 29.9 Å². The molecule has 3 rings (SSSR count). The molecule has 0 spiro atoms. The monoisotopic (exact) mass is 233 g/mol. The highest BCUT2D eigenvalue weighted by Crippen LogP contribution is 2.21. The van der Waals surface area contributed by atoms with E-state index in [1.807, 2.05) is 18.2 Å². The SMILES string of the molecule is Clc1ccc2nc(N3CCCC3)ccc2n1. The van der Waals surface area contributed by atoms with E-state index in [-0.39, 0.29) is 0 Å². The fraction of sp³-hybridized carbons (Fsp3) is 0.333. The minimum absolute atomic E-state index is 0.517. The fourth-order valence-corrected chi connectivity index (χ4v) is 2.25. The molecule has 4 heteroatoms. The topological polar surface area (TPSA) is 29.0 Å². The number of nitrogens with zero attached hydrogens (tertiary/aromatic N) is 3. The van der Waals surface area contributed by atoms with Crippen molar-refractivity contribution < 1.29 is 0 Å². The van der Waals surface area contributed by atoms with Gasteiger partial charge in [-0.1, -0.05) is 11.6 Å². The summed E-state index contributed by atoms with van der Waals surface area (Å²) in [4.78, 5) is 11.1. The van der Waals surface area contributed by atoms with Gasteiger partial charge >= 0.3 is 0 Å². The number of halogens is 1. The molecule has 1 aliphatic heterocycles. The van der Waals surface area contributed by atoms with Crippen LogP contribution in [0.4, 0.5) is 5.82 Å². The predicted octanol–water partition coefficient (Wildman–Crippen LogP) is 2.88. The van der Waals surface area contributed by atoms with Crippen molar-refractivity contribution in [2.24, 2.45) is 0 Å². The molecule has 0 atom stereocenters. The van der Waals surface area contributed by atoms with Gasteiger partial charge in [-0.15, -0.1) is 0 Å². The lowest BCUT2D eigenvalue weighted by Gasteiger charge is -2.16. The van der Waals surface area contributed by atoms with Crippen LogP contribution in [-0.2, 0) is 0 Å². The van der Waals surface area contributed by atoms with Crippen molar-refractivity contribution in [3.05, 3.63) is 29.4 Å². The first-order valence-electron chi connectivity index (χ1n) is 5.51. The average molecular weight is 234 g/mol. The van der Waals surface area contributed by atoms with Crippen LogP contribution in [0.2, 0.25) is 5.15 Å². The van der Waals surface area contributed by atoms with Crippen LogP contribution in [0.1, 0.15) is 12.8 Å². The summed E-state index contributed by atoms with van der Waals surface area (Å²) >= 11 is 5.84. The number of aromatic nitrogens is 2. The molecule has 0 aromatic carbocycles. The summed E-state index contributed by atoms with van der Waals surface area (Å²) in [6.07, 6.45) is 2.52. The Morgan fingerprint density at radius 3 is 2.44 bits per heavy atom. The van der Waals surface area contributed by atoms with Crippen LogP contribution in [-0.4, -0.2) is 23.1 Å². The zero-order valence-electron chi connectivity index (χ0n) is 8.86. The second-order valence-corrected chi connectivity index (χ2v) is 4.42. The van der Waals surface area contributed by atoms with Gasteiger partial charge in [0.15, 0.2) is 0 Å². The molecule has 16 heavy (non-hydrogen) atoms. The average Bonchev–Trinajstić information content (AvgIpc) is 2.82. The summed E-state index contributed by atoms with van der Waals surface area (Å²) in [7, 11) is 0. The normalized spacial score (nSPS) is 15.9. The van der Waals surface area contributed by atoms with Crippen LogP contribution in [0.5, 0.6) is 0 Å². The first-order valence-corrected chi connectivity index (χ1v) is 5.89. The van der Waals surface area contributed by atoms with Crippen LogP contribution in [0, 0.1) is 0 Å². The Kier molecular flexibility index (Phi) is 2.40. The molecule has 0 radical (unpaired) electrons. The first-order chi connectivity index (χ1) is 7.83. The Balaban J connectivity index is 2.05. The molecule has 3 nitrogen and oxygen atoms in total. The Labute approximate surface area is 99.1 Å². The summed E-state index contributed by atoms with van der Waals surface area (Å²) < 4.78 is 0. The van der Waals surface area contributed by atoms with Crippen molar-refractivity contribution in [3.8, 4) is 0 Å². The summed E-state index contributed by atoms with van der Waals surface area (Å²) in [5, 5.41) is 0.517. The van der Waals surface area contributed by atoms with E-state index >= 15 is 0 Å². The standard InChI is InChI=1S/C12H12ClN3/c13-11-5-3-10-9(14-11)4-6-12(15-10)16-7-1-2-8-16/h3-6H,1-2,7-8H2. The van der Waals surface area contributed by atoms with Gasteiger partial charge in [-0.3, -0.25) is 0 Å². The third-order valence-corrected chi connectivity index (χ3v) is 3.13. The molecule has 2 aromatic rings. The van der Waals surface area contributed by atoms with Gasteiger partial charge in [0, 0.05) is 13.1 Å². The molecule has 0 amide bonds. The Morgan fingerprint density at radius 1 is 0.938 bits per heavy atom. The lowest BCUT2D eigenvalue weighted by atomic mass is 10.3. The number of anilines is 1. The van der Waals surface area contributed by atoms with E-state index in [9.17, 15) is 0 Å². The molecule has 1 aliphatic rings. The Bertz CT molecular complexity index is 521. The van der Waals surface area contributed by atoms with E-state index in [4.69, 9.17) is 11.6 Å². The van der Waals surface area contributed by atoms with E-state index in [1.54, 1.807) is 6.07 Å². The minimum Gasteiger partial charge on any atom is -0.357 e. The van der Waals surface area contributed by atoms with E-state index in [0.29, 0.717) is 5.15 Å². The van der Waals surface area contributed by atoms with Gasteiger partial charge in [-0.2, -0.15) is 0 Å². The highest BCUT2D eigenvalue weighted by molar-refractivity contribution is 6.29. The van der Waals surface area contributed by atoms with Crippen molar-refractivity contribution >= 4 is 28.5 Å². The van der Waals surface area contributed by atoms with Gasteiger partial charge in [0.1, 0.15) is 11.0 Å². The molecule has 0 bridgehead atoms. The smallest absolute Gasteiger partial charge is 0.129 e. The van der Waals surface area contributed by atoms with Crippen molar-refractivity contribution in [1.29, 1.82) is 0 Å². The lowest BCUT2D eigenvalue weighted by molar-refractivity contribution is 0.943. The zero-order chi connectivity index (χ0) is 11.0. The van der Waals surface area contributed by atoms with E-state index in [1.165, 1.54) is 12.8 Å². The molecule has 0 saturated carbocycles. The molecule has 2 aromatic heterocycles. The second-order valence-electron chi connectivity index (χ2n) is 4.04. The maximum Gasteiger partial charge on any atom is 0.129 e. The highest BCUT2D eigenvalue weighted by atomic mass is 35.5. The Morgan fingerprint density at radius 2 is 1.62 bits per heavy atom. The predicted molar refractivity (Wildman–Crippen MR) is 66.0 cm³/mol. The summed E-state index contributed by atoms with van der Waals surface area (Å²) in [5.41, 5.74) is 1.77. The number of pyridine rings is 2. The van der Waals surface area contributed by atoms with Crippen LogP contribution in [0.3, 0.4) is 0 Å². The van der Waals surface area contributed by atoms with Crippen LogP contribution >= 0.6 is 11.6 Å². The third kappa shape index (κ3) is 1.71. The fourth-order valence-electron chi connectivity index (χ4n) is 2.10. The van der Waals surface area contributed by atoms with Gasteiger partial charge in [0.2, 0.25) is 0 Å². The molecule has 0 aliphatic carbocycles. The molecular formula is C12H12ClN3. The molecule has 0 unspecified atom stereocenters. The molecule has 82 valence electrons. The van der Waals surface area contributed by atoms with Gasteiger partial charge in [-0.05, 0) is 37.1 Å². The number of hydrogen-bond donors (Lipinski definition) is 0. The van der Waals surface area contributed by atoms with Gasteiger partial charge in [0.05, 0.1) is 11.0 Å². The lowest BCUT2D eigenvalue weighted by Crippen LogP contribution is -2.18. The maximum atomic E-state index is 5.84. The minimum atomic E-state index is 0.517. The van der Waals surface area contributed by atoms with Gasteiger partial charge < -0.3 is 4.90 Å². The maximum absolute atomic E-state index is 5.84. The van der Waals surface area contributed by atoms with E-state index in [2.05, 4.69) is 14.9 Å². The van der Waals surface area contributed by atoms with Crippen LogP contribution < -0.4 is 4.90 Å². The summed E-state index contributed by atoms with van der Waals surface area (Å²) in [6, 6.07) is 7.72. The molecule has 0 N–H and O–H groups in total. The third-order valence-electron chi connectivity index (χ3n) is 2.92. The summed E-state index contributed by atoms with van der Waals surface area (Å²) in [5.74, 6) is 1.05. The number of hydrogen-bond acceptors (Lipinski definition) is 3.